The van der Waals surface area contributed by atoms with Gasteiger partial charge in [-0.05, 0) is 39.7 Å². The lowest BCUT2D eigenvalue weighted by molar-refractivity contribution is -0.137. The maximum Gasteiger partial charge on any atom is 0.389 e. The van der Waals surface area contributed by atoms with Crippen molar-refractivity contribution < 1.29 is 13.2 Å². The van der Waals surface area contributed by atoms with Gasteiger partial charge in [0.2, 0.25) is 0 Å². The van der Waals surface area contributed by atoms with Crippen molar-refractivity contribution in [2.24, 2.45) is 0 Å². The van der Waals surface area contributed by atoms with Crippen LogP contribution < -0.4 is 5.32 Å². The van der Waals surface area contributed by atoms with Crippen molar-refractivity contribution in [2.45, 2.75) is 70.6 Å². The predicted octanol–water partition coefficient (Wildman–Crippen LogP) is 3.57. The topological polar surface area (TPSA) is 15.3 Å². The van der Waals surface area contributed by atoms with Crippen LogP contribution in [0.3, 0.4) is 0 Å². The molecule has 0 radical (unpaired) electrons. The van der Waals surface area contributed by atoms with Gasteiger partial charge in [0.25, 0.3) is 0 Å². The first-order valence-electron chi connectivity index (χ1n) is 7.21. The van der Waals surface area contributed by atoms with E-state index in [-0.39, 0.29) is 17.5 Å². The van der Waals surface area contributed by atoms with Crippen molar-refractivity contribution in [1.82, 2.24) is 10.2 Å². The zero-order valence-corrected chi connectivity index (χ0v) is 12.5. The minimum absolute atomic E-state index is 0.0207. The lowest BCUT2D eigenvalue weighted by atomic mass is 9.85. The zero-order valence-electron chi connectivity index (χ0n) is 12.5. The minimum atomic E-state index is -4.04. The molecule has 0 amide bonds. The second-order valence-corrected chi connectivity index (χ2v) is 6.26. The zero-order chi connectivity index (χ0) is 14.7. The van der Waals surface area contributed by atoms with Crippen molar-refractivity contribution in [1.29, 1.82) is 0 Å². The number of hydrogen-bond acceptors (Lipinski definition) is 2. The molecular formula is C14H27F3N2. The van der Waals surface area contributed by atoms with Crippen molar-refractivity contribution in [3.63, 3.8) is 0 Å². The molecule has 19 heavy (non-hydrogen) atoms. The molecule has 5 heteroatoms. The quantitative estimate of drug-likeness (QED) is 0.828. The average Bonchev–Trinajstić information content (AvgIpc) is 2.32. The molecule has 1 saturated heterocycles. The smallest absolute Gasteiger partial charge is 0.308 e. The van der Waals surface area contributed by atoms with Gasteiger partial charge >= 0.3 is 6.18 Å². The van der Waals surface area contributed by atoms with Crippen LogP contribution in [0.25, 0.3) is 0 Å². The van der Waals surface area contributed by atoms with E-state index in [0.717, 1.165) is 25.9 Å². The van der Waals surface area contributed by atoms with Gasteiger partial charge in [0.15, 0.2) is 0 Å². The van der Waals surface area contributed by atoms with Gasteiger partial charge < -0.3 is 5.32 Å². The Morgan fingerprint density at radius 3 is 2.26 bits per heavy atom. The summed E-state index contributed by atoms with van der Waals surface area (Å²) in [6, 6.07) is 0. The third-order valence-corrected chi connectivity index (χ3v) is 4.63. The summed E-state index contributed by atoms with van der Waals surface area (Å²) in [5.41, 5.74) is -0.00675. The Morgan fingerprint density at radius 2 is 1.79 bits per heavy atom. The molecule has 0 bridgehead atoms. The van der Waals surface area contributed by atoms with Crippen LogP contribution in [0.5, 0.6) is 0 Å². The van der Waals surface area contributed by atoms with Crippen molar-refractivity contribution >= 4 is 0 Å². The Morgan fingerprint density at radius 1 is 1.16 bits per heavy atom. The highest BCUT2D eigenvalue weighted by Gasteiger charge is 2.40. The largest absolute Gasteiger partial charge is 0.389 e. The van der Waals surface area contributed by atoms with E-state index in [9.17, 15) is 13.2 Å². The Labute approximate surface area is 114 Å². The van der Waals surface area contributed by atoms with Crippen LogP contribution in [0.1, 0.15) is 53.4 Å². The molecule has 1 fully saturated rings. The second kappa shape index (κ2) is 6.00. The summed E-state index contributed by atoms with van der Waals surface area (Å²) >= 11 is 0. The van der Waals surface area contributed by atoms with Crippen LogP contribution in [0.15, 0.2) is 0 Å². The molecule has 1 aliphatic heterocycles. The average molecular weight is 280 g/mol. The summed E-state index contributed by atoms with van der Waals surface area (Å²) in [7, 11) is 0. The lowest BCUT2D eigenvalue weighted by Gasteiger charge is -2.52. The number of alkyl halides is 3. The number of piperazine rings is 1. The first-order valence-corrected chi connectivity index (χ1v) is 7.21. The fourth-order valence-electron chi connectivity index (χ4n) is 2.59. The number of rotatable bonds is 5. The highest BCUT2D eigenvalue weighted by atomic mass is 19.4. The molecule has 2 atom stereocenters. The second-order valence-electron chi connectivity index (χ2n) is 6.26. The molecule has 1 rings (SSSR count). The van der Waals surface area contributed by atoms with Crippen LogP contribution in [-0.4, -0.2) is 41.8 Å². The standard InChI is InChI=1S/C14H27F3N2/c1-5-12(3)11-19(9-7-8-14(15,16)17)13(4,6-2)10-18-12/h18H,5-11H2,1-4H3. The normalized spacial score (nSPS) is 33.6. The van der Waals surface area contributed by atoms with Gasteiger partial charge in [-0.15, -0.1) is 0 Å². The molecule has 0 aromatic rings. The van der Waals surface area contributed by atoms with E-state index in [4.69, 9.17) is 0 Å². The van der Waals surface area contributed by atoms with Crippen LogP contribution >= 0.6 is 0 Å². The van der Waals surface area contributed by atoms with Gasteiger partial charge in [-0.1, -0.05) is 13.8 Å². The maximum absolute atomic E-state index is 12.3. The van der Waals surface area contributed by atoms with Gasteiger partial charge in [-0.25, -0.2) is 0 Å². The highest BCUT2D eigenvalue weighted by molar-refractivity contribution is 5.00. The molecule has 2 nitrogen and oxygen atoms in total. The fraction of sp³-hybridized carbons (Fsp3) is 1.00. The van der Waals surface area contributed by atoms with Crippen LogP contribution in [0.2, 0.25) is 0 Å². The van der Waals surface area contributed by atoms with E-state index in [0.29, 0.717) is 6.54 Å². The summed E-state index contributed by atoms with van der Waals surface area (Å²) in [6.45, 7) is 10.7. The monoisotopic (exact) mass is 280 g/mol. The summed E-state index contributed by atoms with van der Waals surface area (Å²) in [4.78, 5) is 2.25. The molecule has 0 spiro atoms. The number of nitrogens with zero attached hydrogens (tertiary/aromatic N) is 1. The van der Waals surface area contributed by atoms with Gasteiger partial charge in [0.05, 0.1) is 0 Å². The summed E-state index contributed by atoms with van der Waals surface area (Å²) in [5, 5.41) is 3.56. The Hall–Kier alpha value is -0.290. The third kappa shape index (κ3) is 4.63. The molecule has 1 aliphatic rings. The van der Waals surface area contributed by atoms with E-state index < -0.39 is 12.6 Å². The van der Waals surface area contributed by atoms with Crippen molar-refractivity contribution in [2.75, 3.05) is 19.6 Å². The molecule has 1 heterocycles. The molecule has 0 aromatic heterocycles. The van der Waals surface area contributed by atoms with Gasteiger partial charge in [0.1, 0.15) is 0 Å². The van der Waals surface area contributed by atoms with E-state index in [2.05, 4.69) is 37.9 Å². The van der Waals surface area contributed by atoms with Crippen LogP contribution in [-0.2, 0) is 0 Å². The van der Waals surface area contributed by atoms with Gasteiger partial charge in [-0.2, -0.15) is 13.2 Å². The predicted molar refractivity (Wildman–Crippen MR) is 72.3 cm³/mol. The van der Waals surface area contributed by atoms with E-state index in [1.807, 2.05) is 0 Å². The summed E-state index contributed by atoms with van der Waals surface area (Å²) in [6.07, 6.45) is -2.59. The Bertz CT molecular complexity index is 293. The summed E-state index contributed by atoms with van der Waals surface area (Å²) < 4.78 is 36.8. The summed E-state index contributed by atoms with van der Waals surface area (Å²) in [5.74, 6) is 0. The number of nitrogens with one attached hydrogen (secondary N) is 1. The molecular weight excluding hydrogens is 253 g/mol. The molecule has 0 aromatic carbocycles. The molecule has 2 unspecified atom stereocenters. The Balaban J connectivity index is 2.63. The number of hydrogen-bond donors (Lipinski definition) is 1. The first kappa shape index (κ1) is 16.8. The van der Waals surface area contributed by atoms with Crippen molar-refractivity contribution in [3.05, 3.63) is 0 Å². The first-order chi connectivity index (χ1) is 8.64. The van der Waals surface area contributed by atoms with E-state index in [1.165, 1.54) is 0 Å². The fourth-order valence-corrected chi connectivity index (χ4v) is 2.59. The Kier molecular flexibility index (Phi) is 5.29. The van der Waals surface area contributed by atoms with E-state index >= 15 is 0 Å². The van der Waals surface area contributed by atoms with Crippen LogP contribution in [0, 0.1) is 0 Å². The molecule has 0 aliphatic carbocycles. The third-order valence-electron chi connectivity index (χ3n) is 4.63. The lowest BCUT2D eigenvalue weighted by Crippen LogP contribution is -2.67. The molecule has 114 valence electrons. The van der Waals surface area contributed by atoms with Gasteiger partial charge in [-0.3, -0.25) is 4.90 Å². The van der Waals surface area contributed by atoms with Crippen LogP contribution in [0.4, 0.5) is 13.2 Å². The van der Waals surface area contributed by atoms with Crippen molar-refractivity contribution in [3.8, 4) is 0 Å². The van der Waals surface area contributed by atoms with E-state index in [1.54, 1.807) is 0 Å². The highest BCUT2D eigenvalue weighted by Crippen LogP contribution is 2.29. The maximum atomic E-state index is 12.3. The van der Waals surface area contributed by atoms with Gasteiger partial charge in [0, 0.05) is 30.6 Å². The minimum Gasteiger partial charge on any atom is -0.308 e. The molecule has 0 saturated carbocycles. The number of halogens is 3. The SMILES string of the molecule is CCC1(C)CN(CCCC(F)(F)F)C(C)(CC)CN1. The molecule has 1 N–H and O–H groups in total.